The summed E-state index contributed by atoms with van der Waals surface area (Å²) in [4.78, 5) is 0. The monoisotopic (exact) mass is 302 g/mol. The highest BCUT2D eigenvalue weighted by Crippen LogP contribution is 2.25. The molecule has 0 saturated carbocycles. The van der Waals surface area contributed by atoms with E-state index in [-0.39, 0.29) is 5.68 Å². The summed E-state index contributed by atoms with van der Waals surface area (Å²) in [6.07, 6.45) is 0. The van der Waals surface area contributed by atoms with E-state index in [4.69, 9.17) is 9.83 Å². The van der Waals surface area contributed by atoms with Gasteiger partial charge in [-0.15, -0.1) is 0 Å². The molecule has 0 aliphatic heterocycles. The normalized spacial score (nSPS) is 11.0. The van der Waals surface area contributed by atoms with Gasteiger partial charge < -0.3 is 4.42 Å². The lowest BCUT2D eigenvalue weighted by Gasteiger charge is -2.02. The minimum absolute atomic E-state index is 0.165. The van der Waals surface area contributed by atoms with E-state index >= 15 is 0 Å². The van der Waals surface area contributed by atoms with Crippen molar-refractivity contribution in [2.75, 3.05) is 0 Å². The summed E-state index contributed by atoms with van der Waals surface area (Å²) >= 11 is 3.43. The third kappa shape index (κ3) is 1.78. The first-order chi connectivity index (χ1) is 8.65. The van der Waals surface area contributed by atoms with Gasteiger partial charge in [0, 0.05) is 11.5 Å². The van der Waals surface area contributed by atoms with Gasteiger partial charge in [-0.3, -0.25) is 9.98 Å². The number of oxazole rings is 1. The molecule has 0 spiro atoms. The van der Waals surface area contributed by atoms with Gasteiger partial charge in [-0.2, -0.15) is 0 Å². The summed E-state index contributed by atoms with van der Waals surface area (Å²) in [5.74, 6) is 0. The summed E-state index contributed by atoms with van der Waals surface area (Å²) in [7, 11) is 1.83. The third-order valence-electron chi connectivity index (χ3n) is 3.01. The quantitative estimate of drug-likeness (QED) is 0.732. The minimum atomic E-state index is 0.165. The molecule has 0 aliphatic rings. The van der Waals surface area contributed by atoms with E-state index in [0.717, 1.165) is 26.7 Å². The second kappa shape index (κ2) is 4.14. The maximum atomic E-state index is 7.64. The lowest BCUT2D eigenvalue weighted by molar-refractivity contribution is 0.496. The molecule has 0 radical (unpaired) electrons. The Morgan fingerprint density at radius 1 is 1.06 bits per heavy atom. The van der Waals surface area contributed by atoms with Crippen LogP contribution in [0.4, 0.5) is 0 Å². The van der Waals surface area contributed by atoms with E-state index in [1.807, 2.05) is 37.4 Å². The molecular weight excluding hydrogens is 292 g/mol. The van der Waals surface area contributed by atoms with Gasteiger partial charge in [0.25, 0.3) is 5.68 Å². The fraction of sp³-hybridized carbons (Fsp3) is 0.0714. The number of aryl methyl sites for hydroxylation is 1. The maximum Gasteiger partial charge on any atom is 0.294 e. The first kappa shape index (κ1) is 11.3. The molecule has 3 nitrogen and oxygen atoms in total. The number of hydrogen-bond donors (Lipinski definition) is 1. The molecule has 0 saturated heterocycles. The van der Waals surface area contributed by atoms with Crippen molar-refractivity contribution in [3.8, 4) is 11.1 Å². The fourth-order valence-corrected chi connectivity index (χ4v) is 2.23. The van der Waals surface area contributed by atoms with Crippen molar-refractivity contribution in [3.63, 3.8) is 0 Å². The van der Waals surface area contributed by atoms with Crippen LogP contribution in [0.1, 0.15) is 0 Å². The van der Waals surface area contributed by atoms with Gasteiger partial charge in [0.15, 0.2) is 5.58 Å². The molecule has 90 valence electrons. The smallest absolute Gasteiger partial charge is 0.294 e. The van der Waals surface area contributed by atoms with E-state index < -0.39 is 0 Å². The molecule has 0 fully saturated rings. The Labute approximate surface area is 112 Å². The van der Waals surface area contributed by atoms with Crippen LogP contribution in [-0.4, -0.2) is 4.57 Å². The van der Waals surface area contributed by atoms with Gasteiger partial charge in [0.2, 0.25) is 0 Å². The lowest BCUT2D eigenvalue weighted by Crippen LogP contribution is -2.08. The summed E-state index contributed by atoms with van der Waals surface area (Å²) in [5, 5.41) is 7.64. The molecular formula is C14H11BrN2O. The van der Waals surface area contributed by atoms with Crippen LogP contribution < -0.4 is 5.68 Å². The highest BCUT2D eigenvalue weighted by Gasteiger charge is 2.05. The van der Waals surface area contributed by atoms with Gasteiger partial charge >= 0.3 is 0 Å². The van der Waals surface area contributed by atoms with Crippen LogP contribution in [0.2, 0.25) is 0 Å². The van der Waals surface area contributed by atoms with Crippen molar-refractivity contribution in [2.45, 2.75) is 0 Å². The van der Waals surface area contributed by atoms with Crippen molar-refractivity contribution in [3.05, 3.63) is 52.6 Å². The zero-order valence-corrected chi connectivity index (χ0v) is 11.4. The number of hydrogen-bond acceptors (Lipinski definition) is 2. The van der Waals surface area contributed by atoms with Crippen molar-refractivity contribution in [1.82, 2.24) is 4.57 Å². The number of aromatic nitrogens is 1. The van der Waals surface area contributed by atoms with Crippen LogP contribution in [0.25, 0.3) is 22.2 Å². The van der Waals surface area contributed by atoms with Crippen molar-refractivity contribution in [1.29, 1.82) is 5.41 Å². The second-order valence-corrected chi connectivity index (χ2v) is 5.07. The molecule has 18 heavy (non-hydrogen) atoms. The van der Waals surface area contributed by atoms with Crippen LogP contribution in [0.3, 0.4) is 0 Å². The van der Waals surface area contributed by atoms with E-state index in [9.17, 15) is 0 Å². The number of rotatable bonds is 1. The predicted molar refractivity (Wildman–Crippen MR) is 74.2 cm³/mol. The summed E-state index contributed by atoms with van der Waals surface area (Å²) in [6.45, 7) is 0. The third-order valence-corrected chi connectivity index (χ3v) is 3.54. The standard InChI is InChI=1S/C14H11BrN2O/c1-17-12-8-10(4-7-13(12)18-14(17)16)9-2-5-11(15)6-3-9/h2-8,16H,1H3. The Kier molecular flexibility index (Phi) is 2.59. The van der Waals surface area contributed by atoms with Gasteiger partial charge in [-0.1, -0.05) is 34.1 Å². The van der Waals surface area contributed by atoms with Crippen molar-refractivity contribution >= 4 is 27.0 Å². The topological polar surface area (TPSA) is 41.9 Å². The van der Waals surface area contributed by atoms with Crippen LogP contribution in [-0.2, 0) is 7.05 Å². The Morgan fingerprint density at radius 2 is 1.72 bits per heavy atom. The Morgan fingerprint density at radius 3 is 2.44 bits per heavy atom. The zero-order valence-electron chi connectivity index (χ0n) is 9.77. The molecule has 4 heteroatoms. The fourth-order valence-electron chi connectivity index (χ4n) is 1.97. The summed E-state index contributed by atoms with van der Waals surface area (Å²) < 4.78 is 8.13. The molecule has 3 aromatic rings. The number of nitrogens with zero attached hydrogens (tertiary/aromatic N) is 1. The molecule has 0 bridgehead atoms. The van der Waals surface area contributed by atoms with Crippen LogP contribution in [0, 0.1) is 5.41 Å². The van der Waals surface area contributed by atoms with Crippen molar-refractivity contribution in [2.24, 2.45) is 7.05 Å². The van der Waals surface area contributed by atoms with E-state index in [1.165, 1.54) is 0 Å². The van der Waals surface area contributed by atoms with E-state index in [2.05, 4.69) is 28.1 Å². The van der Waals surface area contributed by atoms with Gasteiger partial charge in [-0.25, -0.2) is 0 Å². The molecule has 1 N–H and O–H groups in total. The molecule has 0 unspecified atom stereocenters. The average Bonchev–Trinajstić information content (AvgIpc) is 2.66. The first-order valence-corrected chi connectivity index (χ1v) is 6.34. The lowest BCUT2D eigenvalue weighted by atomic mass is 10.1. The summed E-state index contributed by atoms with van der Waals surface area (Å²) in [5.41, 5.74) is 4.10. The van der Waals surface area contributed by atoms with E-state index in [0.29, 0.717) is 0 Å². The number of nitrogens with one attached hydrogen (secondary N) is 1. The van der Waals surface area contributed by atoms with Crippen LogP contribution >= 0.6 is 15.9 Å². The summed E-state index contributed by atoms with van der Waals surface area (Å²) in [6, 6.07) is 14.1. The van der Waals surface area contributed by atoms with Crippen LogP contribution in [0.15, 0.2) is 51.4 Å². The van der Waals surface area contributed by atoms with Crippen molar-refractivity contribution < 1.29 is 4.42 Å². The van der Waals surface area contributed by atoms with Gasteiger partial charge in [-0.05, 0) is 35.4 Å². The Balaban J connectivity index is 2.21. The van der Waals surface area contributed by atoms with Gasteiger partial charge in [0.1, 0.15) is 0 Å². The Bertz CT molecular complexity index is 769. The second-order valence-electron chi connectivity index (χ2n) is 4.16. The minimum Gasteiger partial charge on any atom is -0.424 e. The number of halogens is 1. The van der Waals surface area contributed by atoms with E-state index in [1.54, 1.807) is 4.57 Å². The maximum absolute atomic E-state index is 7.64. The molecule has 1 heterocycles. The Hall–Kier alpha value is -1.81. The van der Waals surface area contributed by atoms with Gasteiger partial charge in [0.05, 0.1) is 5.52 Å². The SMILES string of the molecule is Cn1c(=N)oc2ccc(-c3ccc(Br)cc3)cc21. The predicted octanol–water partition coefficient (Wildman–Crippen LogP) is 3.68. The largest absolute Gasteiger partial charge is 0.424 e. The average molecular weight is 303 g/mol. The molecule has 3 rings (SSSR count). The highest BCUT2D eigenvalue weighted by atomic mass is 79.9. The first-order valence-electron chi connectivity index (χ1n) is 5.55. The molecule has 0 atom stereocenters. The highest BCUT2D eigenvalue weighted by molar-refractivity contribution is 9.10. The number of benzene rings is 2. The molecule has 0 aliphatic carbocycles. The molecule has 1 aromatic heterocycles. The van der Waals surface area contributed by atoms with Crippen LogP contribution in [0.5, 0.6) is 0 Å². The number of fused-ring (bicyclic) bond motifs is 1. The zero-order chi connectivity index (χ0) is 12.7. The molecule has 2 aromatic carbocycles. The molecule has 0 amide bonds.